The van der Waals surface area contributed by atoms with Gasteiger partial charge in [0.15, 0.2) is 0 Å². The number of aryl methyl sites for hydroxylation is 1. The fourth-order valence-corrected chi connectivity index (χ4v) is 3.14. The third-order valence-electron chi connectivity index (χ3n) is 4.64. The van der Waals surface area contributed by atoms with Gasteiger partial charge in [0.05, 0.1) is 17.6 Å². The van der Waals surface area contributed by atoms with Gasteiger partial charge in [-0.3, -0.25) is 9.78 Å². The second kappa shape index (κ2) is 7.49. The van der Waals surface area contributed by atoms with Gasteiger partial charge >= 0.3 is 0 Å². The summed E-state index contributed by atoms with van der Waals surface area (Å²) >= 11 is 0. The van der Waals surface area contributed by atoms with Gasteiger partial charge in [0.2, 0.25) is 0 Å². The Hall–Kier alpha value is -3.35. The molecule has 27 heavy (non-hydrogen) atoms. The molecule has 0 bridgehead atoms. The molecule has 0 unspecified atom stereocenters. The quantitative estimate of drug-likeness (QED) is 0.713. The Labute approximate surface area is 157 Å². The first-order chi connectivity index (χ1) is 13.2. The maximum absolute atomic E-state index is 12.9. The van der Waals surface area contributed by atoms with Crippen molar-refractivity contribution < 1.29 is 4.79 Å². The van der Waals surface area contributed by atoms with Gasteiger partial charge in [-0.25, -0.2) is 4.98 Å². The molecular weight excluding hydrogens is 340 g/mol. The highest BCUT2D eigenvalue weighted by Crippen LogP contribution is 2.20. The maximum Gasteiger partial charge on any atom is 0.253 e. The van der Waals surface area contributed by atoms with Crippen molar-refractivity contribution in [2.75, 3.05) is 31.1 Å². The van der Waals surface area contributed by atoms with Gasteiger partial charge in [-0.2, -0.15) is 10.2 Å². The van der Waals surface area contributed by atoms with E-state index in [-0.39, 0.29) is 5.91 Å². The number of hydrogen-bond acceptors (Lipinski definition) is 6. The van der Waals surface area contributed by atoms with Crippen LogP contribution in [-0.4, -0.2) is 57.2 Å². The molecule has 0 spiro atoms. The van der Waals surface area contributed by atoms with Crippen LogP contribution in [0.2, 0.25) is 0 Å². The van der Waals surface area contributed by atoms with Crippen molar-refractivity contribution in [3.05, 3.63) is 66.2 Å². The Morgan fingerprint density at radius 2 is 1.85 bits per heavy atom. The van der Waals surface area contributed by atoms with Crippen LogP contribution in [0.4, 0.5) is 5.82 Å². The lowest BCUT2D eigenvalue weighted by Gasteiger charge is -2.35. The minimum Gasteiger partial charge on any atom is -0.352 e. The summed E-state index contributed by atoms with van der Waals surface area (Å²) in [6.45, 7) is 4.70. The monoisotopic (exact) mass is 360 g/mol. The van der Waals surface area contributed by atoms with Crippen LogP contribution in [0.15, 0.2) is 55.0 Å². The predicted octanol–water partition coefficient (Wildman–Crippen LogP) is 2.20. The Kier molecular flexibility index (Phi) is 4.74. The summed E-state index contributed by atoms with van der Waals surface area (Å²) < 4.78 is 0. The molecule has 0 N–H and O–H groups in total. The molecule has 1 saturated heterocycles. The zero-order valence-electron chi connectivity index (χ0n) is 15.1. The van der Waals surface area contributed by atoms with Crippen LogP contribution in [0.3, 0.4) is 0 Å². The molecule has 7 heteroatoms. The Morgan fingerprint density at radius 3 is 2.56 bits per heavy atom. The highest BCUT2D eigenvalue weighted by molar-refractivity contribution is 5.95. The number of rotatable bonds is 3. The molecular formula is C20H20N6O. The van der Waals surface area contributed by atoms with E-state index in [0.29, 0.717) is 18.7 Å². The number of benzene rings is 1. The zero-order valence-corrected chi connectivity index (χ0v) is 15.1. The molecule has 0 atom stereocenters. The molecule has 7 nitrogen and oxygen atoms in total. The zero-order chi connectivity index (χ0) is 18.6. The van der Waals surface area contributed by atoms with Crippen LogP contribution in [0, 0.1) is 6.92 Å². The fraction of sp³-hybridized carbons (Fsp3) is 0.250. The summed E-state index contributed by atoms with van der Waals surface area (Å²) in [4.78, 5) is 25.4. The van der Waals surface area contributed by atoms with E-state index in [0.717, 1.165) is 35.9 Å². The van der Waals surface area contributed by atoms with Gasteiger partial charge in [-0.05, 0) is 31.2 Å². The molecule has 1 aromatic carbocycles. The number of anilines is 1. The number of amides is 1. The first-order valence-corrected chi connectivity index (χ1v) is 8.92. The molecule has 3 heterocycles. The normalized spacial score (nSPS) is 14.3. The van der Waals surface area contributed by atoms with Crippen molar-refractivity contribution in [1.82, 2.24) is 25.1 Å². The molecule has 1 fully saturated rings. The number of nitrogens with zero attached hydrogens (tertiary/aromatic N) is 6. The summed E-state index contributed by atoms with van der Waals surface area (Å²) in [6.07, 6.45) is 5.10. The first kappa shape index (κ1) is 17.1. The SMILES string of the molecule is Cc1ccc(-c2cccc(C(=O)N3CCN(c4cnccn4)CC3)c2)nn1. The maximum atomic E-state index is 12.9. The molecule has 4 rings (SSSR count). The number of hydrogen-bond donors (Lipinski definition) is 0. The van der Waals surface area contributed by atoms with Crippen LogP contribution in [0.5, 0.6) is 0 Å². The predicted molar refractivity (Wildman–Crippen MR) is 102 cm³/mol. The minimum atomic E-state index is 0.0377. The van der Waals surface area contributed by atoms with Crippen LogP contribution >= 0.6 is 0 Å². The first-order valence-electron chi connectivity index (χ1n) is 8.92. The van der Waals surface area contributed by atoms with Gasteiger partial charge in [-0.1, -0.05) is 12.1 Å². The molecule has 3 aromatic rings. The van der Waals surface area contributed by atoms with E-state index in [1.807, 2.05) is 48.2 Å². The summed E-state index contributed by atoms with van der Waals surface area (Å²) in [5, 5.41) is 8.31. The summed E-state index contributed by atoms with van der Waals surface area (Å²) in [5.74, 6) is 0.889. The molecule has 0 aliphatic carbocycles. The number of carbonyl (C=O) groups excluding carboxylic acids is 1. The second-order valence-corrected chi connectivity index (χ2v) is 6.48. The van der Waals surface area contributed by atoms with Crippen LogP contribution in [0.25, 0.3) is 11.3 Å². The van der Waals surface area contributed by atoms with Crippen molar-refractivity contribution >= 4 is 11.7 Å². The Morgan fingerprint density at radius 1 is 1.00 bits per heavy atom. The van der Waals surface area contributed by atoms with Gasteiger partial charge in [0.25, 0.3) is 5.91 Å². The lowest BCUT2D eigenvalue weighted by molar-refractivity contribution is 0.0746. The standard InChI is InChI=1S/C20H20N6O/c1-15-5-6-18(24-23-15)16-3-2-4-17(13-16)20(27)26-11-9-25(10-12-26)19-14-21-7-8-22-19/h2-8,13-14H,9-12H2,1H3. The summed E-state index contributed by atoms with van der Waals surface area (Å²) in [6, 6.07) is 11.4. The van der Waals surface area contributed by atoms with Crippen LogP contribution in [-0.2, 0) is 0 Å². The fourth-order valence-electron chi connectivity index (χ4n) is 3.14. The third-order valence-corrected chi connectivity index (χ3v) is 4.64. The largest absolute Gasteiger partial charge is 0.352 e. The van der Waals surface area contributed by atoms with E-state index in [1.165, 1.54) is 0 Å². The van der Waals surface area contributed by atoms with E-state index >= 15 is 0 Å². The topological polar surface area (TPSA) is 75.1 Å². The van der Waals surface area contributed by atoms with Crippen molar-refractivity contribution in [2.24, 2.45) is 0 Å². The Bertz CT molecular complexity index is 921. The van der Waals surface area contributed by atoms with E-state index in [9.17, 15) is 4.79 Å². The lowest BCUT2D eigenvalue weighted by Crippen LogP contribution is -2.49. The number of piperazine rings is 1. The summed E-state index contributed by atoms with van der Waals surface area (Å²) in [7, 11) is 0. The third kappa shape index (κ3) is 3.76. The van der Waals surface area contributed by atoms with E-state index in [4.69, 9.17) is 0 Å². The second-order valence-electron chi connectivity index (χ2n) is 6.48. The minimum absolute atomic E-state index is 0.0377. The van der Waals surface area contributed by atoms with Crippen molar-refractivity contribution in [2.45, 2.75) is 6.92 Å². The number of aromatic nitrogens is 4. The average Bonchev–Trinajstić information content (AvgIpc) is 2.75. The molecule has 136 valence electrons. The van der Waals surface area contributed by atoms with Crippen LogP contribution in [0.1, 0.15) is 16.1 Å². The lowest BCUT2D eigenvalue weighted by atomic mass is 10.1. The van der Waals surface area contributed by atoms with Gasteiger partial charge in [0, 0.05) is 49.7 Å². The van der Waals surface area contributed by atoms with E-state index in [1.54, 1.807) is 18.6 Å². The Balaban J connectivity index is 1.46. The molecule has 1 aliphatic heterocycles. The van der Waals surface area contributed by atoms with Crippen LogP contribution < -0.4 is 4.90 Å². The molecule has 0 saturated carbocycles. The molecule has 0 radical (unpaired) electrons. The van der Waals surface area contributed by atoms with Gasteiger partial charge in [0.1, 0.15) is 5.82 Å². The van der Waals surface area contributed by atoms with Crippen molar-refractivity contribution in [3.8, 4) is 11.3 Å². The summed E-state index contributed by atoms with van der Waals surface area (Å²) in [5.41, 5.74) is 3.20. The molecule has 2 aromatic heterocycles. The van der Waals surface area contributed by atoms with E-state index < -0.39 is 0 Å². The smallest absolute Gasteiger partial charge is 0.253 e. The van der Waals surface area contributed by atoms with Gasteiger partial charge in [-0.15, -0.1) is 0 Å². The van der Waals surface area contributed by atoms with Crippen molar-refractivity contribution in [3.63, 3.8) is 0 Å². The highest BCUT2D eigenvalue weighted by Gasteiger charge is 2.23. The molecule has 1 amide bonds. The van der Waals surface area contributed by atoms with E-state index in [2.05, 4.69) is 25.1 Å². The molecule has 1 aliphatic rings. The number of carbonyl (C=O) groups is 1. The van der Waals surface area contributed by atoms with Crippen molar-refractivity contribution in [1.29, 1.82) is 0 Å². The van der Waals surface area contributed by atoms with Gasteiger partial charge < -0.3 is 9.80 Å². The average molecular weight is 360 g/mol. The highest BCUT2D eigenvalue weighted by atomic mass is 16.2.